The number of nitrogens with zero attached hydrogens (tertiary/aromatic N) is 1. The second-order valence-electron chi connectivity index (χ2n) is 6.34. The van der Waals surface area contributed by atoms with Gasteiger partial charge in [0.25, 0.3) is 0 Å². The Bertz CT molecular complexity index is 762. The molecule has 0 aliphatic heterocycles. The van der Waals surface area contributed by atoms with E-state index in [0.29, 0.717) is 13.2 Å². The molecule has 0 radical (unpaired) electrons. The Balaban J connectivity index is 1.63. The average molecular weight is 387 g/mol. The lowest BCUT2D eigenvalue weighted by atomic mass is 10.2. The minimum Gasteiger partial charge on any atom is -0.491 e. The number of thioether (sulfide) groups is 1. The van der Waals surface area contributed by atoms with Crippen molar-refractivity contribution in [3.05, 3.63) is 59.7 Å². The van der Waals surface area contributed by atoms with Crippen molar-refractivity contribution in [2.24, 2.45) is 0 Å². The molecule has 0 spiro atoms. The first kappa shape index (κ1) is 20.8. The van der Waals surface area contributed by atoms with Crippen molar-refractivity contribution in [3.8, 4) is 5.75 Å². The van der Waals surface area contributed by atoms with Gasteiger partial charge in [-0.05, 0) is 37.6 Å². The van der Waals surface area contributed by atoms with Gasteiger partial charge in [0, 0.05) is 12.7 Å². The fraction of sp³-hybridized carbons (Fsp3) is 0.333. The van der Waals surface area contributed by atoms with Crippen LogP contribution in [0.2, 0.25) is 0 Å². The van der Waals surface area contributed by atoms with Gasteiger partial charge in [-0.15, -0.1) is 11.8 Å². The number of hydrogen-bond donors (Lipinski definition) is 1. The molecule has 0 saturated carbocycles. The van der Waals surface area contributed by atoms with Crippen molar-refractivity contribution >= 4 is 29.3 Å². The summed E-state index contributed by atoms with van der Waals surface area (Å²) in [6.07, 6.45) is 0. The van der Waals surface area contributed by atoms with Gasteiger partial charge in [-0.2, -0.15) is 0 Å². The van der Waals surface area contributed by atoms with Crippen molar-refractivity contribution in [2.75, 3.05) is 37.0 Å². The van der Waals surface area contributed by atoms with E-state index in [1.165, 1.54) is 11.8 Å². The van der Waals surface area contributed by atoms with Crippen LogP contribution in [-0.4, -0.2) is 48.4 Å². The third-order valence-electron chi connectivity index (χ3n) is 4.00. The molecule has 0 fully saturated rings. The highest BCUT2D eigenvalue weighted by atomic mass is 32.2. The maximum Gasteiger partial charge on any atom is 0.234 e. The van der Waals surface area contributed by atoms with E-state index >= 15 is 0 Å². The molecule has 0 aliphatic carbocycles. The zero-order valence-electron chi connectivity index (χ0n) is 16.0. The highest BCUT2D eigenvalue weighted by molar-refractivity contribution is 8.00. The molecule has 0 aliphatic rings. The van der Waals surface area contributed by atoms with E-state index in [1.807, 2.05) is 62.4 Å². The monoisotopic (exact) mass is 386 g/mol. The van der Waals surface area contributed by atoms with E-state index in [0.717, 1.165) is 22.6 Å². The number of para-hydroxylation sites is 1. The third-order valence-corrected chi connectivity index (χ3v) is 4.92. The van der Waals surface area contributed by atoms with Crippen molar-refractivity contribution in [1.82, 2.24) is 4.90 Å². The van der Waals surface area contributed by atoms with Crippen LogP contribution >= 0.6 is 11.8 Å². The van der Waals surface area contributed by atoms with Gasteiger partial charge in [0.1, 0.15) is 12.4 Å². The lowest BCUT2D eigenvalue weighted by molar-refractivity contribution is -0.127. The topological polar surface area (TPSA) is 58.6 Å². The first-order chi connectivity index (χ1) is 13.0. The second-order valence-corrected chi connectivity index (χ2v) is 7.32. The molecule has 0 heterocycles. The largest absolute Gasteiger partial charge is 0.491 e. The molecule has 2 rings (SSSR count). The number of amides is 2. The summed E-state index contributed by atoms with van der Waals surface area (Å²) in [4.78, 5) is 25.7. The highest BCUT2D eigenvalue weighted by Gasteiger charge is 2.11. The molecule has 0 aromatic heterocycles. The van der Waals surface area contributed by atoms with Crippen LogP contribution in [-0.2, 0) is 9.59 Å². The molecule has 27 heavy (non-hydrogen) atoms. The number of carbonyl (C=O) groups is 2. The molecule has 5 nitrogen and oxygen atoms in total. The van der Waals surface area contributed by atoms with E-state index < -0.39 is 0 Å². The maximum atomic E-state index is 12.1. The average Bonchev–Trinajstić information content (AvgIpc) is 2.65. The van der Waals surface area contributed by atoms with Crippen LogP contribution < -0.4 is 10.1 Å². The highest BCUT2D eigenvalue weighted by Crippen LogP contribution is 2.16. The van der Waals surface area contributed by atoms with Crippen molar-refractivity contribution in [1.29, 1.82) is 0 Å². The summed E-state index contributed by atoms with van der Waals surface area (Å²) in [7, 11) is 1.75. The van der Waals surface area contributed by atoms with Crippen LogP contribution in [0.25, 0.3) is 0 Å². The summed E-state index contributed by atoms with van der Waals surface area (Å²) in [6.45, 7) is 4.92. The predicted octanol–water partition coefficient (Wildman–Crippen LogP) is 3.51. The summed E-state index contributed by atoms with van der Waals surface area (Å²) in [5, 5.41) is 2.83. The van der Waals surface area contributed by atoms with Crippen LogP contribution in [0, 0.1) is 13.8 Å². The number of benzene rings is 2. The molecule has 2 aromatic rings. The van der Waals surface area contributed by atoms with Gasteiger partial charge in [0.05, 0.1) is 18.1 Å². The van der Waals surface area contributed by atoms with Gasteiger partial charge in [-0.3, -0.25) is 9.59 Å². The molecular weight excluding hydrogens is 360 g/mol. The van der Waals surface area contributed by atoms with E-state index in [4.69, 9.17) is 4.74 Å². The Kier molecular flexibility index (Phi) is 8.20. The number of rotatable bonds is 9. The van der Waals surface area contributed by atoms with Gasteiger partial charge in [-0.1, -0.05) is 35.9 Å². The number of hydrogen-bond acceptors (Lipinski definition) is 4. The molecule has 0 bridgehead atoms. The van der Waals surface area contributed by atoms with Gasteiger partial charge in [0.2, 0.25) is 11.8 Å². The van der Waals surface area contributed by atoms with Gasteiger partial charge < -0.3 is 15.0 Å². The molecule has 0 saturated heterocycles. The first-order valence-electron chi connectivity index (χ1n) is 8.82. The quantitative estimate of drug-likeness (QED) is 0.716. The minimum atomic E-state index is -0.109. The van der Waals surface area contributed by atoms with Crippen molar-refractivity contribution < 1.29 is 14.3 Å². The molecular formula is C21H26N2O3S. The molecule has 0 unspecified atom stereocenters. The predicted molar refractivity (Wildman–Crippen MR) is 111 cm³/mol. The van der Waals surface area contributed by atoms with E-state index in [2.05, 4.69) is 5.32 Å². The van der Waals surface area contributed by atoms with Crippen LogP contribution in [0.4, 0.5) is 5.69 Å². The summed E-state index contributed by atoms with van der Waals surface area (Å²) < 4.78 is 5.71. The van der Waals surface area contributed by atoms with Crippen LogP contribution in [0.15, 0.2) is 48.5 Å². The standard InChI is InChI=1S/C21H26N2O3S/c1-16-8-10-18(11-9-16)22-20(24)14-27-15-21(25)23(3)12-13-26-19-7-5-4-6-17(19)2/h4-11H,12-15H2,1-3H3,(H,22,24). The molecule has 2 amide bonds. The third kappa shape index (κ3) is 7.35. The summed E-state index contributed by atoms with van der Waals surface area (Å²) in [5.74, 6) is 1.22. The Labute approximate surface area is 165 Å². The Morgan fingerprint density at radius 1 is 1.04 bits per heavy atom. The lowest BCUT2D eigenvalue weighted by Crippen LogP contribution is -2.32. The SMILES string of the molecule is Cc1ccc(NC(=O)CSCC(=O)N(C)CCOc2ccccc2C)cc1. The first-order valence-corrected chi connectivity index (χ1v) is 9.98. The molecule has 6 heteroatoms. The van der Waals surface area contributed by atoms with E-state index in [1.54, 1.807) is 11.9 Å². The molecule has 144 valence electrons. The minimum absolute atomic E-state index is 0.0171. The van der Waals surface area contributed by atoms with Crippen molar-refractivity contribution in [3.63, 3.8) is 0 Å². The van der Waals surface area contributed by atoms with Crippen molar-refractivity contribution in [2.45, 2.75) is 13.8 Å². The Morgan fingerprint density at radius 2 is 1.74 bits per heavy atom. The normalized spacial score (nSPS) is 10.3. The van der Waals surface area contributed by atoms with Gasteiger partial charge in [0.15, 0.2) is 0 Å². The summed E-state index contributed by atoms with van der Waals surface area (Å²) in [5.41, 5.74) is 2.98. The summed E-state index contributed by atoms with van der Waals surface area (Å²) in [6, 6.07) is 15.4. The molecule has 1 N–H and O–H groups in total. The van der Waals surface area contributed by atoms with Gasteiger partial charge >= 0.3 is 0 Å². The Hall–Kier alpha value is -2.47. The van der Waals surface area contributed by atoms with Crippen LogP contribution in [0.1, 0.15) is 11.1 Å². The lowest BCUT2D eigenvalue weighted by Gasteiger charge is -2.18. The second kappa shape index (κ2) is 10.6. The number of carbonyl (C=O) groups excluding carboxylic acids is 2. The summed E-state index contributed by atoms with van der Waals surface area (Å²) >= 11 is 1.31. The number of likely N-dealkylation sites (N-methyl/N-ethyl adjacent to an activating group) is 1. The molecule has 2 aromatic carbocycles. The number of anilines is 1. The maximum absolute atomic E-state index is 12.1. The number of aryl methyl sites for hydroxylation is 2. The smallest absolute Gasteiger partial charge is 0.234 e. The zero-order valence-corrected chi connectivity index (χ0v) is 16.8. The number of ether oxygens (including phenoxy) is 1. The fourth-order valence-electron chi connectivity index (χ4n) is 2.31. The van der Waals surface area contributed by atoms with E-state index in [-0.39, 0.29) is 23.3 Å². The molecule has 0 atom stereocenters. The Morgan fingerprint density at radius 3 is 2.44 bits per heavy atom. The number of nitrogens with one attached hydrogen (secondary N) is 1. The van der Waals surface area contributed by atoms with E-state index in [9.17, 15) is 9.59 Å². The van der Waals surface area contributed by atoms with Gasteiger partial charge in [-0.25, -0.2) is 0 Å². The fourth-order valence-corrected chi connectivity index (χ4v) is 3.07. The van der Waals surface area contributed by atoms with Crippen LogP contribution in [0.5, 0.6) is 5.75 Å². The van der Waals surface area contributed by atoms with Crippen LogP contribution in [0.3, 0.4) is 0 Å². The zero-order chi connectivity index (χ0) is 19.6.